The Bertz CT molecular complexity index is 2890. The smallest absolute Gasteiger partial charge is 0.346 e. The van der Waals surface area contributed by atoms with Crippen molar-refractivity contribution in [2.75, 3.05) is 4.90 Å². The van der Waals surface area contributed by atoms with Crippen LogP contribution in [0.4, 0.5) is 17.1 Å². The number of carbonyl (C=O) groups is 1. The van der Waals surface area contributed by atoms with E-state index in [1.165, 1.54) is 124 Å². The number of thiophene rings is 2. The molecule has 0 radical (unpaired) electrons. The van der Waals surface area contributed by atoms with Crippen LogP contribution < -0.4 is 4.90 Å². The molecule has 0 atom stereocenters. The van der Waals surface area contributed by atoms with E-state index in [0.717, 1.165) is 55.0 Å². The van der Waals surface area contributed by atoms with Gasteiger partial charge >= 0.3 is 5.97 Å². The number of rotatable bonds is 17. The molecule has 0 spiro atoms. The van der Waals surface area contributed by atoms with Crippen molar-refractivity contribution >= 4 is 51.8 Å². The lowest BCUT2D eigenvalue weighted by Crippen LogP contribution is -2.18. The van der Waals surface area contributed by atoms with Gasteiger partial charge < -0.3 is 10.0 Å². The van der Waals surface area contributed by atoms with Gasteiger partial charge in [0.1, 0.15) is 11.6 Å². The average molecular weight is 905 g/mol. The third-order valence-electron chi connectivity index (χ3n) is 14.1. The number of aryl methyl sites for hydroxylation is 2. The number of fused-ring (bicyclic) bond motifs is 6. The maximum absolute atomic E-state index is 11.4. The molecule has 1 N–H and O–H groups in total. The van der Waals surface area contributed by atoms with Crippen LogP contribution >= 0.6 is 22.7 Å². The number of unbranched alkanes of at least 4 members (excludes halogenated alkanes) is 6. The fourth-order valence-corrected chi connectivity index (χ4v) is 12.4. The van der Waals surface area contributed by atoms with Gasteiger partial charge in [0.2, 0.25) is 0 Å². The molecular weight excluding hydrogens is 845 g/mol. The lowest BCUT2D eigenvalue weighted by Gasteiger charge is -2.30. The molecule has 2 heterocycles. The van der Waals surface area contributed by atoms with E-state index in [0.29, 0.717) is 0 Å². The minimum Gasteiger partial charge on any atom is -0.477 e. The number of carboxylic acids is 1. The summed E-state index contributed by atoms with van der Waals surface area (Å²) in [5.41, 5.74) is 17.8. The topological polar surface area (TPSA) is 64.3 Å². The molecule has 0 saturated carbocycles. The minimum atomic E-state index is -1.21. The quantitative estimate of drug-likeness (QED) is 0.0562. The predicted octanol–water partition coefficient (Wildman–Crippen LogP) is 17.5. The first kappa shape index (κ1) is 45.2. The van der Waals surface area contributed by atoms with Crippen molar-refractivity contribution < 1.29 is 9.90 Å². The van der Waals surface area contributed by atoms with Crippen LogP contribution in [0, 0.1) is 11.3 Å². The summed E-state index contributed by atoms with van der Waals surface area (Å²) in [5, 5.41) is 18.6. The first-order valence-corrected chi connectivity index (χ1v) is 25.6. The molecule has 0 saturated heterocycles. The van der Waals surface area contributed by atoms with E-state index in [1.54, 1.807) is 17.4 Å². The van der Waals surface area contributed by atoms with Crippen LogP contribution in [-0.2, 0) is 28.5 Å². The second kappa shape index (κ2) is 18.7. The number of carboxylic acid groups (broad SMARTS) is 1. The van der Waals surface area contributed by atoms with E-state index < -0.39 is 5.97 Å². The number of nitrogens with zero attached hydrogens (tertiary/aromatic N) is 2. The zero-order chi connectivity index (χ0) is 46.2. The van der Waals surface area contributed by atoms with E-state index >= 15 is 0 Å². The van der Waals surface area contributed by atoms with Crippen molar-refractivity contribution in [1.82, 2.24) is 0 Å². The number of hydrogen-bond donors (Lipinski definition) is 1. The lowest BCUT2D eigenvalue weighted by molar-refractivity contribution is -0.132. The van der Waals surface area contributed by atoms with E-state index in [-0.39, 0.29) is 16.4 Å². The number of nitriles is 1. The van der Waals surface area contributed by atoms with E-state index in [2.05, 4.69) is 156 Å². The largest absolute Gasteiger partial charge is 0.477 e. The van der Waals surface area contributed by atoms with Crippen LogP contribution in [-0.4, -0.2) is 11.1 Å². The molecule has 66 heavy (non-hydrogen) atoms. The van der Waals surface area contributed by atoms with Crippen LogP contribution in [0.25, 0.3) is 48.5 Å². The first-order chi connectivity index (χ1) is 31.9. The molecule has 2 aromatic heterocycles. The Balaban J connectivity index is 1.07. The van der Waals surface area contributed by atoms with Crippen molar-refractivity contribution in [2.24, 2.45) is 0 Å². The van der Waals surface area contributed by atoms with Gasteiger partial charge in [-0.1, -0.05) is 141 Å². The standard InChI is InChI=1S/C60H60N2O2S2/c1-7-9-11-13-15-39-17-26-47-49-28-23-44(36-53(49)59(3,4)51(47)33-39)62(45-24-29-50-48-27-18-40(16-14-12-10-8-2)34-52(48)60(5,6)54(50)37-45)43-21-19-41(20-22-43)55-31-32-57(66-55)56-30-25-46(65-56)35-42(38-61)58(63)64/h17-37H,7-16H2,1-6H3,(H,63,64)/b42-35-. The Morgan fingerprint density at radius 1 is 0.561 bits per heavy atom. The third-order valence-corrected chi connectivity index (χ3v) is 16.5. The SMILES string of the molecule is CCCCCCc1ccc2c(c1)C(C)(C)c1cc(N(c3ccc(-c4ccc(-c5ccc(/C=C(/C#N)C(=O)O)s5)s4)cc3)c3ccc4c(c3)C(C)(C)c3cc(CCCCCC)ccc3-4)ccc1-2. The van der Waals surface area contributed by atoms with Crippen molar-refractivity contribution in [2.45, 2.75) is 117 Å². The fourth-order valence-electron chi connectivity index (χ4n) is 10.3. The van der Waals surface area contributed by atoms with Gasteiger partial charge in [-0.25, -0.2) is 4.79 Å². The van der Waals surface area contributed by atoms with Crippen molar-refractivity contribution in [3.8, 4) is 48.5 Å². The predicted molar refractivity (Wildman–Crippen MR) is 280 cm³/mol. The molecule has 0 bridgehead atoms. The molecule has 2 aliphatic rings. The molecule has 0 aliphatic heterocycles. The Kier molecular flexibility index (Phi) is 12.8. The second-order valence-electron chi connectivity index (χ2n) is 19.3. The minimum absolute atomic E-state index is 0.143. The zero-order valence-corrected chi connectivity index (χ0v) is 40.9. The highest BCUT2D eigenvalue weighted by molar-refractivity contribution is 7.24. The average Bonchev–Trinajstić information content (AvgIpc) is 4.10. The Morgan fingerprint density at radius 3 is 1.52 bits per heavy atom. The summed E-state index contributed by atoms with van der Waals surface area (Å²) in [7, 11) is 0. The fraction of sp³-hybridized carbons (Fsp3) is 0.300. The molecular formula is C60H60N2O2S2. The van der Waals surface area contributed by atoms with Crippen LogP contribution in [0.15, 0.2) is 127 Å². The maximum Gasteiger partial charge on any atom is 0.346 e. The molecule has 0 unspecified atom stereocenters. The van der Waals surface area contributed by atoms with E-state index in [1.807, 2.05) is 12.1 Å². The third kappa shape index (κ3) is 8.60. The zero-order valence-electron chi connectivity index (χ0n) is 39.3. The molecule has 4 nitrogen and oxygen atoms in total. The summed E-state index contributed by atoms with van der Waals surface area (Å²) in [6.45, 7) is 14.2. The summed E-state index contributed by atoms with van der Waals surface area (Å²) in [6, 6.07) is 47.6. The normalized spacial score (nSPS) is 14.0. The van der Waals surface area contributed by atoms with Crippen molar-refractivity contribution in [1.29, 1.82) is 5.26 Å². The van der Waals surface area contributed by atoms with Crippen LogP contribution in [0.3, 0.4) is 0 Å². The number of aliphatic carboxylic acids is 1. The molecule has 5 aromatic carbocycles. The van der Waals surface area contributed by atoms with Gasteiger partial charge in [0.15, 0.2) is 0 Å². The maximum atomic E-state index is 11.4. The van der Waals surface area contributed by atoms with Crippen LogP contribution in [0.2, 0.25) is 0 Å². The van der Waals surface area contributed by atoms with E-state index in [4.69, 9.17) is 0 Å². The number of benzene rings is 5. The number of anilines is 3. The summed E-state index contributed by atoms with van der Waals surface area (Å²) >= 11 is 3.20. The Hall–Kier alpha value is -6.00. The van der Waals surface area contributed by atoms with Gasteiger partial charge in [-0.2, -0.15) is 5.26 Å². The first-order valence-electron chi connectivity index (χ1n) is 23.9. The van der Waals surface area contributed by atoms with Gasteiger partial charge in [0.05, 0.1) is 0 Å². The molecule has 0 amide bonds. The highest BCUT2D eigenvalue weighted by Gasteiger charge is 2.38. The van der Waals surface area contributed by atoms with Gasteiger partial charge in [0, 0.05) is 47.4 Å². The molecule has 7 aromatic rings. The van der Waals surface area contributed by atoms with Crippen molar-refractivity contribution in [3.05, 3.63) is 165 Å². The summed E-state index contributed by atoms with van der Waals surface area (Å²) < 4.78 is 0. The Labute approximate surface area is 399 Å². The highest BCUT2D eigenvalue weighted by Crippen LogP contribution is 2.54. The van der Waals surface area contributed by atoms with Crippen LogP contribution in [0.1, 0.15) is 131 Å². The second-order valence-corrected chi connectivity index (χ2v) is 21.5. The molecule has 0 fully saturated rings. The van der Waals surface area contributed by atoms with Crippen LogP contribution in [0.5, 0.6) is 0 Å². The summed E-state index contributed by atoms with van der Waals surface area (Å²) in [5.74, 6) is -1.21. The van der Waals surface area contributed by atoms with Gasteiger partial charge in [0.25, 0.3) is 0 Å². The lowest BCUT2D eigenvalue weighted by atomic mass is 9.81. The highest BCUT2D eigenvalue weighted by atomic mass is 32.1. The van der Waals surface area contributed by atoms with Gasteiger partial charge in [-0.05, 0) is 154 Å². The molecule has 2 aliphatic carbocycles. The molecule has 9 rings (SSSR count). The van der Waals surface area contributed by atoms with E-state index in [9.17, 15) is 15.2 Å². The molecule has 334 valence electrons. The summed E-state index contributed by atoms with van der Waals surface area (Å²) in [6.07, 6.45) is 13.9. The summed E-state index contributed by atoms with van der Waals surface area (Å²) in [4.78, 5) is 17.9. The van der Waals surface area contributed by atoms with Gasteiger partial charge in [-0.15, -0.1) is 22.7 Å². The number of hydrogen-bond acceptors (Lipinski definition) is 5. The van der Waals surface area contributed by atoms with Crippen molar-refractivity contribution in [3.63, 3.8) is 0 Å². The van der Waals surface area contributed by atoms with Gasteiger partial charge in [-0.3, -0.25) is 0 Å². The molecule has 6 heteroatoms. The Morgan fingerprint density at radius 2 is 1.02 bits per heavy atom. The monoisotopic (exact) mass is 904 g/mol.